The number of anilines is 2. The molecule has 1 radical (unpaired) electrons. The van der Waals surface area contributed by atoms with Crippen LogP contribution in [0, 0.1) is 5.41 Å². The number of nitrogens with two attached hydrogens (primary N) is 1. The van der Waals surface area contributed by atoms with Crippen molar-refractivity contribution in [1.82, 2.24) is 0 Å². The van der Waals surface area contributed by atoms with Gasteiger partial charge in [0.1, 0.15) is 0 Å². The summed E-state index contributed by atoms with van der Waals surface area (Å²) in [6.45, 7) is 0. The van der Waals surface area contributed by atoms with Crippen LogP contribution >= 0.6 is 0 Å². The number of amides is 1. The summed E-state index contributed by atoms with van der Waals surface area (Å²) < 4.78 is 0. The maximum absolute atomic E-state index is 10.1. The van der Waals surface area contributed by atoms with Crippen molar-refractivity contribution in [2.75, 3.05) is 10.6 Å². The number of guanidine groups is 1. The second-order valence-corrected chi connectivity index (χ2v) is 2.31. The van der Waals surface area contributed by atoms with E-state index < -0.39 is 0 Å². The van der Waals surface area contributed by atoms with Crippen molar-refractivity contribution in [1.29, 1.82) is 5.41 Å². The molecule has 0 heterocycles. The lowest BCUT2D eigenvalue weighted by Gasteiger charge is -2.07. The molecule has 5 heteroatoms. The molecular formula is C8H9N4O. The van der Waals surface area contributed by atoms with Crippen molar-refractivity contribution in [2.24, 2.45) is 5.73 Å². The maximum atomic E-state index is 10.1. The minimum atomic E-state index is -0.180. The van der Waals surface area contributed by atoms with Crippen LogP contribution in [0.25, 0.3) is 0 Å². The van der Waals surface area contributed by atoms with Crippen LogP contribution in [-0.4, -0.2) is 12.4 Å². The van der Waals surface area contributed by atoms with E-state index in [4.69, 9.17) is 11.1 Å². The van der Waals surface area contributed by atoms with Crippen molar-refractivity contribution < 1.29 is 4.79 Å². The smallest absolute Gasteiger partial charge is 0.314 e. The van der Waals surface area contributed by atoms with Gasteiger partial charge in [0.15, 0.2) is 5.96 Å². The van der Waals surface area contributed by atoms with Crippen molar-refractivity contribution in [3.63, 3.8) is 0 Å². The molecule has 13 heavy (non-hydrogen) atoms. The molecule has 0 aliphatic carbocycles. The summed E-state index contributed by atoms with van der Waals surface area (Å²) in [5.74, 6) is -0.180. The number of rotatable bonds is 3. The molecule has 1 aromatic carbocycles. The number of carbonyl (C=O) groups excluding carboxylic acids is 1. The normalized spacial score (nSPS) is 8.92. The van der Waals surface area contributed by atoms with E-state index in [2.05, 4.69) is 10.6 Å². The van der Waals surface area contributed by atoms with Gasteiger partial charge in [-0.05, 0) is 12.1 Å². The zero-order valence-corrected chi connectivity index (χ0v) is 6.79. The molecule has 0 aliphatic heterocycles. The fourth-order valence-corrected chi connectivity index (χ4v) is 0.901. The molecule has 0 fully saturated rings. The summed E-state index contributed by atoms with van der Waals surface area (Å²) in [6.07, 6.45) is 1.55. The SMILES string of the molecule is N=C(N)Nc1ccccc1N[C]=O. The third kappa shape index (κ3) is 2.48. The first-order valence-electron chi connectivity index (χ1n) is 3.57. The quantitative estimate of drug-likeness (QED) is 0.307. The number of benzene rings is 1. The Morgan fingerprint density at radius 1 is 1.38 bits per heavy atom. The third-order valence-corrected chi connectivity index (χ3v) is 1.38. The highest BCUT2D eigenvalue weighted by Crippen LogP contribution is 2.19. The predicted molar refractivity (Wildman–Crippen MR) is 51.3 cm³/mol. The van der Waals surface area contributed by atoms with Crippen LogP contribution in [0.2, 0.25) is 0 Å². The fourth-order valence-electron chi connectivity index (χ4n) is 0.901. The number of nitrogens with one attached hydrogen (secondary N) is 3. The van der Waals surface area contributed by atoms with E-state index in [0.29, 0.717) is 11.4 Å². The zero-order chi connectivity index (χ0) is 9.68. The lowest BCUT2D eigenvalue weighted by molar-refractivity contribution is 0.561. The van der Waals surface area contributed by atoms with Crippen LogP contribution in [-0.2, 0) is 4.79 Å². The first-order chi connectivity index (χ1) is 6.24. The van der Waals surface area contributed by atoms with Crippen LogP contribution in [0.5, 0.6) is 0 Å². The van der Waals surface area contributed by atoms with Gasteiger partial charge in [0, 0.05) is 0 Å². The lowest BCUT2D eigenvalue weighted by atomic mass is 10.2. The number of hydrogen-bond donors (Lipinski definition) is 4. The Balaban J connectivity index is 2.90. The summed E-state index contributed by atoms with van der Waals surface area (Å²) in [7, 11) is 0. The van der Waals surface area contributed by atoms with Gasteiger partial charge in [0.2, 0.25) is 0 Å². The first-order valence-corrected chi connectivity index (χ1v) is 3.57. The van der Waals surface area contributed by atoms with Gasteiger partial charge in [0.05, 0.1) is 11.4 Å². The molecule has 0 aliphatic rings. The Morgan fingerprint density at radius 3 is 2.54 bits per heavy atom. The topological polar surface area (TPSA) is 91.0 Å². The Kier molecular flexibility index (Phi) is 2.86. The molecule has 0 aromatic heterocycles. The molecule has 1 aromatic rings. The van der Waals surface area contributed by atoms with Crippen molar-refractivity contribution in [3.05, 3.63) is 24.3 Å². The van der Waals surface area contributed by atoms with Gasteiger partial charge in [-0.3, -0.25) is 10.2 Å². The van der Waals surface area contributed by atoms with E-state index in [1.165, 1.54) is 0 Å². The van der Waals surface area contributed by atoms with Crippen LogP contribution in [0.4, 0.5) is 11.4 Å². The number of para-hydroxylation sites is 2. The zero-order valence-electron chi connectivity index (χ0n) is 6.79. The van der Waals surface area contributed by atoms with E-state index in [-0.39, 0.29) is 5.96 Å². The average molecular weight is 177 g/mol. The maximum Gasteiger partial charge on any atom is 0.314 e. The Bertz CT molecular complexity index is 324. The molecule has 1 rings (SSSR count). The molecule has 5 N–H and O–H groups in total. The standard InChI is InChI=1S/C8H9N4O/c9-8(10)12-7-4-2-1-3-6(7)11-5-13/h1-4H,(H,11,13)(H4,9,10,12). The second-order valence-electron chi connectivity index (χ2n) is 2.31. The molecule has 0 atom stereocenters. The van der Waals surface area contributed by atoms with Crippen molar-refractivity contribution >= 4 is 23.7 Å². The second kappa shape index (κ2) is 4.10. The summed E-state index contributed by atoms with van der Waals surface area (Å²) >= 11 is 0. The summed E-state index contributed by atoms with van der Waals surface area (Å²) in [5.41, 5.74) is 6.24. The van der Waals surface area contributed by atoms with E-state index in [9.17, 15) is 4.79 Å². The molecule has 0 saturated heterocycles. The third-order valence-electron chi connectivity index (χ3n) is 1.38. The van der Waals surface area contributed by atoms with Crippen LogP contribution in [0.15, 0.2) is 24.3 Å². The lowest BCUT2D eigenvalue weighted by Crippen LogP contribution is -2.21. The van der Waals surface area contributed by atoms with Crippen molar-refractivity contribution in [3.8, 4) is 0 Å². The highest BCUT2D eigenvalue weighted by molar-refractivity contribution is 5.95. The summed E-state index contributed by atoms with van der Waals surface area (Å²) in [4.78, 5) is 10.1. The Hall–Kier alpha value is -2.04. The summed E-state index contributed by atoms with van der Waals surface area (Å²) in [5, 5.41) is 11.9. The van der Waals surface area contributed by atoms with Gasteiger partial charge in [0.25, 0.3) is 0 Å². The molecule has 0 spiro atoms. The van der Waals surface area contributed by atoms with E-state index in [0.717, 1.165) is 0 Å². The van der Waals surface area contributed by atoms with Crippen LogP contribution in [0.3, 0.4) is 0 Å². The summed E-state index contributed by atoms with van der Waals surface area (Å²) in [6, 6.07) is 6.89. The van der Waals surface area contributed by atoms with Gasteiger partial charge in [-0.25, -0.2) is 0 Å². The van der Waals surface area contributed by atoms with Gasteiger partial charge < -0.3 is 16.4 Å². The molecule has 5 nitrogen and oxygen atoms in total. The Morgan fingerprint density at radius 2 is 2.00 bits per heavy atom. The minimum absolute atomic E-state index is 0.180. The highest BCUT2D eigenvalue weighted by Gasteiger charge is 1.99. The average Bonchev–Trinajstić information content (AvgIpc) is 2.08. The fraction of sp³-hybridized carbons (Fsp3) is 0. The van der Waals surface area contributed by atoms with Gasteiger partial charge >= 0.3 is 6.41 Å². The predicted octanol–water partition coefficient (Wildman–Crippen LogP) is 0.471. The largest absolute Gasteiger partial charge is 0.370 e. The van der Waals surface area contributed by atoms with Crippen molar-refractivity contribution in [2.45, 2.75) is 0 Å². The van der Waals surface area contributed by atoms with E-state index in [1.54, 1.807) is 30.7 Å². The van der Waals surface area contributed by atoms with Gasteiger partial charge in [-0.1, -0.05) is 12.1 Å². The molecule has 67 valence electrons. The monoisotopic (exact) mass is 177 g/mol. The number of hydrogen-bond acceptors (Lipinski definition) is 2. The molecule has 1 amide bonds. The van der Waals surface area contributed by atoms with Gasteiger partial charge in [-0.2, -0.15) is 0 Å². The molecule has 0 unspecified atom stereocenters. The van der Waals surface area contributed by atoms with E-state index >= 15 is 0 Å². The van der Waals surface area contributed by atoms with Gasteiger partial charge in [-0.15, -0.1) is 0 Å². The molecule has 0 saturated carbocycles. The molecule has 0 bridgehead atoms. The minimum Gasteiger partial charge on any atom is -0.370 e. The van der Waals surface area contributed by atoms with Crippen LogP contribution < -0.4 is 16.4 Å². The van der Waals surface area contributed by atoms with E-state index in [1.807, 2.05) is 0 Å². The first kappa shape index (κ1) is 9.05. The highest BCUT2D eigenvalue weighted by atomic mass is 16.1. The molecular weight excluding hydrogens is 168 g/mol. The van der Waals surface area contributed by atoms with Crippen LogP contribution in [0.1, 0.15) is 0 Å². The Labute approximate surface area is 75.4 Å².